The maximum absolute atomic E-state index is 11.7. The molecule has 1 aromatic carbocycles. The Labute approximate surface area is 105 Å². The third-order valence-corrected chi connectivity index (χ3v) is 2.36. The van der Waals surface area contributed by atoms with Crippen LogP contribution in [-0.2, 0) is 16.0 Å². The molecular weight excluding hydrogens is 236 g/mol. The average molecular weight is 252 g/mol. The van der Waals surface area contributed by atoms with E-state index in [1.807, 2.05) is 6.92 Å². The number of carbonyl (C=O) groups is 2. The maximum Gasteiger partial charge on any atom is 0.341 e. The molecule has 0 aromatic heterocycles. The molecule has 0 heterocycles. The second kappa shape index (κ2) is 6.05. The lowest BCUT2D eigenvalue weighted by Gasteiger charge is -2.13. The van der Waals surface area contributed by atoms with Crippen LogP contribution in [0.25, 0.3) is 0 Å². The van der Waals surface area contributed by atoms with Crippen molar-refractivity contribution in [3.8, 4) is 5.75 Å². The van der Waals surface area contributed by atoms with Crippen LogP contribution in [-0.4, -0.2) is 30.8 Å². The summed E-state index contributed by atoms with van der Waals surface area (Å²) in [6, 6.07) is 3.35. The van der Waals surface area contributed by atoms with E-state index < -0.39 is 11.9 Å². The first-order valence-corrected chi connectivity index (χ1v) is 5.56. The average Bonchev–Trinajstić information content (AvgIpc) is 2.27. The second-order valence-corrected chi connectivity index (χ2v) is 3.79. The van der Waals surface area contributed by atoms with E-state index in [-0.39, 0.29) is 12.0 Å². The minimum atomic E-state index is -1.01. The third-order valence-electron chi connectivity index (χ3n) is 2.36. The van der Waals surface area contributed by atoms with Crippen LogP contribution in [0.4, 0.5) is 0 Å². The van der Waals surface area contributed by atoms with Crippen LogP contribution in [0.15, 0.2) is 12.1 Å². The van der Waals surface area contributed by atoms with Gasteiger partial charge in [0.15, 0.2) is 0 Å². The van der Waals surface area contributed by atoms with Crippen molar-refractivity contribution < 1.29 is 24.2 Å². The van der Waals surface area contributed by atoms with Gasteiger partial charge in [0.25, 0.3) is 0 Å². The summed E-state index contributed by atoms with van der Waals surface area (Å²) in [5.41, 5.74) is 1.42. The quantitative estimate of drug-likeness (QED) is 0.809. The molecule has 0 bridgehead atoms. The summed E-state index contributed by atoms with van der Waals surface area (Å²) >= 11 is 0. The first-order valence-electron chi connectivity index (χ1n) is 5.56. The summed E-state index contributed by atoms with van der Waals surface area (Å²) < 4.78 is 10.0. The molecule has 5 heteroatoms. The van der Waals surface area contributed by atoms with Gasteiger partial charge in [-0.15, -0.1) is 0 Å². The van der Waals surface area contributed by atoms with Crippen molar-refractivity contribution >= 4 is 11.9 Å². The Morgan fingerprint density at radius 3 is 2.50 bits per heavy atom. The van der Waals surface area contributed by atoms with Crippen LogP contribution < -0.4 is 4.74 Å². The van der Waals surface area contributed by atoms with E-state index in [0.29, 0.717) is 17.9 Å². The molecule has 0 aliphatic rings. The standard InChI is InChI=1S/C13H16O5/c1-4-18-10-6-8(2)5-9(7-11(14)15)12(10)13(16)17-3/h5-6H,4,7H2,1-3H3,(H,14,15). The predicted molar refractivity (Wildman–Crippen MR) is 65.0 cm³/mol. The number of rotatable bonds is 5. The summed E-state index contributed by atoms with van der Waals surface area (Å²) in [4.78, 5) is 22.5. The van der Waals surface area contributed by atoms with E-state index in [1.54, 1.807) is 19.1 Å². The summed E-state index contributed by atoms with van der Waals surface area (Å²) in [6.07, 6.45) is -0.244. The molecule has 0 aliphatic carbocycles. The number of aryl methyl sites for hydroxylation is 1. The molecule has 0 radical (unpaired) electrons. The minimum Gasteiger partial charge on any atom is -0.493 e. The van der Waals surface area contributed by atoms with Crippen molar-refractivity contribution in [3.05, 3.63) is 28.8 Å². The van der Waals surface area contributed by atoms with E-state index in [2.05, 4.69) is 4.74 Å². The number of carbonyl (C=O) groups excluding carboxylic acids is 1. The molecule has 1 rings (SSSR count). The molecule has 1 aromatic rings. The van der Waals surface area contributed by atoms with Gasteiger partial charge in [0.2, 0.25) is 0 Å². The van der Waals surface area contributed by atoms with Gasteiger partial charge in [0.05, 0.1) is 20.1 Å². The van der Waals surface area contributed by atoms with Crippen molar-refractivity contribution in [1.82, 2.24) is 0 Å². The zero-order valence-corrected chi connectivity index (χ0v) is 10.6. The van der Waals surface area contributed by atoms with E-state index in [4.69, 9.17) is 9.84 Å². The molecule has 5 nitrogen and oxygen atoms in total. The molecule has 0 atom stereocenters. The molecule has 18 heavy (non-hydrogen) atoms. The number of esters is 1. The van der Waals surface area contributed by atoms with Crippen LogP contribution in [0.2, 0.25) is 0 Å². The van der Waals surface area contributed by atoms with Crippen molar-refractivity contribution in [1.29, 1.82) is 0 Å². The molecule has 0 saturated carbocycles. The Morgan fingerprint density at radius 2 is 2.00 bits per heavy atom. The van der Waals surface area contributed by atoms with Crippen molar-refractivity contribution in [2.75, 3.05) is 13.7 Å². The van der Waals surface area contributed by atoms with Gasteiger partial charge in [-0.25, -0.2) is 4.79 Å². The van der Waals surface area contributed by atoms with E-state index in [9.17, 15) is 9.59 Å². The number of aliphatic carboxylic acids is 1. The smallest absolute Gasteiger partial charge is 0.341 e. The summed E-state index contributed by atoms with van der Waals surface area (Å²) in [6.45, 7) is 4.00. The van der Waals surface area contributed by atoms with Gasteiger partial charge in [0.1, 0.15) is 11.3 Å². The summed E-state index contributed by atoms with van der Waals surface area (Å²) in [7, 11) is 1.25. The van der Waals surface area contributed by atoms with Crippen LogP contribution >= 0.6 is 0 Å². The number of ether oxygens (including phenoxy) is 2. The fraction of sp³-hybridized carbons (Fsp3) is 0.385. The Morgan fingerprint density at radius 1 is 1.33 bits per heavy atom. The second-order valence-electron chi connectivity index (χ2n) is 3.79. The highest BCUT2D eigenvalue weighted by atomic mass is 16.5. The third kappa shape index (κ3) is 3.23. The van der Waals surface area contributed by atoms with Gasteiger partial charge in [-0.1, -0.05) is 6.07 Å². The van der Waals surface area contributed by atoms with Gasteiger partial charge in [-0.05, 0) is 31.0 Å². The Kier molecular flexibility index (Phi) is 4.71. The van der Waals surface area contributed by atoms with E-state index in [0.717, 1.165) is 5.56 Å². The lowest BCUT2D eigenvalue weighted by molar-refractivity contribution is -0.136. The maximum atomic E-state index is 11.7. The molecule has 0 unspecified atom stereocenters. The van der Waals surface area contributed by atoms with Crippen molar-refractivity contribution in [2.45, 2.75) is 20.3 Å². The number of carboxylic acids is 1. The largest absolute Gasteiger partial charge is 0.493 e. The highest BCUT2D eigenvalue weighted by molar-refractivity contribution is 5.95. The Bertz CT molecular complexity index is 465. The number of hydrogen-bond donors (Lipinski definition) is 1. The van der Waals surface area contributed by atoms with E-state index in [1.165, 1.54) is 7.11 Å². The fourth-order valence-corrected chi connectivity index (χ4v) is 1.73. The highest BCUT2D eigenvalue weighted by Crippen LogP contribution is 2.26. The monoisotopic (exact) mass is 252 g/mol. The van der Waals surface area contributed by atoms with Crippen LogP contribution in [0.5, 0.6) is 5.75 Å². The highest BCUT2D eigenvalue weighted by Gasteiger charge is 2.20. The topological polar surface area (TPSA) is 72.8 Å². The van der Waals surface area contributed by atoms with Gasteiger partial charge in [-0.2, -0.15) is 0 Å². The lowest BCUT2D eigenvalue weighted by Crippen LogP contribution is -2.12. The van der Waals surface area contributed by atoms with Crippen LogP contribution in [0.3, 0.4) is 0 Å². The zero-order chi connectivity index (χ0) is 13.7. The minimum absolute atomic E-state index is 0.187. The normalized spacial score (nSPS) is 9.94. The summed E-state index contributed by atoms with van der Waals surface area (Å²) in [5.74, 6) is -1.23. The zero-order valence-electron chi connectivity index (χ0n) is 10.6. The lowest BCUT2D eigenvalue weighted by atomic mass is 10.0. The van der Waals surface area contributed by atoms with Crippen LogP contribution in [0.1, 0.15) is 28.4 Å². The van der Waals surface area contributed by atoms with Gasteiger partial charge in [-0.3, -0.25) is 4.79 Å². The number of hydrogen-bond acceptors (Lipinski definition) is 4. The van der Waals surface area contributed by atoms with Crippen molar-refractivity contribution in [3.63, 3.8) is 0 Å². The Balaban J connectivity index is 3.36. The number of benzene rings is 1. The molecule has 0 spiro atoms. The Hall–Kier alpha value is -2.04. The van der Waals surface area contributed by atoms with Gasteiger partial charge >= 0.3 is 11.9 Å². The molecule has 0 fully saturated rings. The van der Waals surface area contributed by atoms with Crippen molar-refractivity contribution in [2.24, 2.45) is 0 Å². The van der Waals surface area contributed by atoms with Gasteiger partial charge < -0.3 is 14.6 Å². The molecule has 98 valence electrons. The number of methoxy groups -OCH3 is 1. The SMILES string of the molecule is CCOc1cc(C)cc(CC(=O)O)c1C(=O)OC. The fourth-order valence-electron chi connectivity index (χ4n) is 1.73. The first-order chi connectivity index (χ1) is 8.49. The molecule has 1 N–H and O–H groups in total. The molecule has 0 aliphatic heterocycles. The van der Waals surface area contributed by atoms with Crippen LogP contribution in [0, 0.1) is 6.92 Å². The van der Waals surface area contributed by atoms with Gasteiger partial charge in [0, 0.05) is 0 Å². The molecule has 0 amide bonds. The molecular formula is C13H16O5. The first kappa shape index (κ1) is 14.0. The molecule has 0 saturated heterocycles. The summed E-state index contributed by atoms with van der Waals surface area (Å²) in [5, 5.41) is 8.86. The predicted octanol–water partition coefficient (Wildman–Crippen LogP) is 1.81. The number of carboxylic acid groups (broad SMARTS) is 1. The van der Waals surface area contributed by atoms with E-state index >= 15 is 0 Å².